The molecule has 0 aliphatic heterocycles. The van der Waals surface area contributed by atoms with E-state index < -0.39 is 29.0 Å². The van der Waals surface area contributed by atoms with Crippen LogP contribution in [0.25, 0.3) is 67.7 Å². The molecule has 0 aliphatic carbocycles. The fraction of sp³-hybridized carbons (Fsp3) is 0.187. The quantitative estimate of drug-likeness (QED) is 0.0190. The molecule has 0 amide bonds. The summed E-state index contributed by atoms with van der Waals surface area (Å²) in [5, 5.41) is 29.5. The van der Waals surface area contributed by atoms with Gasteiger partial charge in [0.1, 0.15) is 55.9 Å². The molecule has 3 unspecified atom stereocenters. The van der Waals surface area contributed by atoms with Crippen LogP contribution < -0.4 is 151 Å². The van der Waals surface area contributed by atoms with Gasteiger partial charge in [-0.25, -0.2) is 24.5 Å². The second kappa shape index (κ2) is 49.1. The van der Waals surface area contributed by atoms with Gasteiger partial charge in [-0.05, 0) is 147 Å². The smallest absolute Gasteiger partial charge is 1.00 e. The Balaban J connectivity index is 0. The van der Waals surface area contributed by atoms with Gasteiger partial charge in [0.25, 0.3) is 6.47 Å². The van der Waals surface area contributed by atoms with E-state index >= 15 is 0 Å². The summed E-state index contributed by atoms with van der Waals surface area (Å²) in [6, 6.07) is 57.9. The van der Waals surface area contributed by atoms with Crippen molar-refractivity contribution in [3.63, 3.8) is 0 Å². The summed E-state index contributed by atoms with van der Waals surface area (Å²) in [7, 11) is 4.68. The zero-order chi connectivity index (χ0) is 68.7. The summed E-state index contributed by atoms with van der Waals surface area (Å²) in [4.78, 5) is 60.1. The molecule has 29 heteroatoms. The molecule has 0 fully saturated rings. The predicted molar refractivity (Wildman–Crippen MR) is 390 cm³/mol. The third kappa shape index (κ3) is 27.2. The summed E-state index contributed by atoms with van der Waals surface area (Å²) in [6.45, 7) is 3.93. The van der Waals surface area contributed by atoms with Gasteiger partial charge in [-0.3, -0.25) is 9.59 Å². The van der Waals surface area contributed by atoms with Crippen molar-refractivity contribution < 1.29 is 214 Å². The van der Waals surface area contributed by atoms with E-state index in [-0.39, 0.29) is 183 Å². The van der Waals surface area contributed by atoms with E-state index in [1.165, 1.54) is 7.11 Å². The number of benzene rings is 9. The third-order valence-electron chi connectivity index (χ3n) is 13.3. The van der Waals surface area contributed by atoms with E-state index in [9.17, 15) is 24.6 Å². The van der Waals surface area contributed by atoms with Crippen LogP contribution in [0.5, 0.6) is 34.5 Å². The second-order valence-electron chi connectivity index (χ2n) is 19.6. The van der Waals surface area contributed by atoms with Crippen molar-refractivity contribution in [2.24, 2.45) is 0 Å². The molecule has 12 aromatic rings. The molecule has 22 nitrogen and oxygen atoms in total. The van der Waals surface area contributed by atoms with Crippen molar-refractivity contribution in [2.75, 3.05) is 34.5 Å². The Morgan fingerprint density at radius 1 is 0.510 bits per heavy atom. The van der Waals surface area contributed by atoms with E-state index in [0.717, 1.165) is 11.1 Å². The van der Waals surface area contributed by atoms with E-state index in [2.05, 4.69) is 35.8 Å². The van der Waals surface area contributed by atoms with Crippen LogP contribution >= 0.6 is 50.7 Å². The first-order valence-electron chi connectivity index (χ1n) is 28.8. The molecule has 0 saturated carbocycles. The first-order valence-corrected chi connectivity index (χ1v) is 30.9. The van der Waals surface area contributed by atoms with Crippen LogP contribution in [0.4, 0.5) is 0 Å². The Labute approximate surface area is 724 Å². The van der Waals surface area contributed by atoms with Crippen molar-refractivity contribution in [3.8, 4) is 68.9 Å². The Bertz CT molecular complexity index is 4530. The normalized spacial score (nSPS) is 10.6. The minimum absolute atomic E-state index is 0. The Morgan fingerprint density at radius 2 is 0.846 bits per heavy atom. The van der Waals surface area contributed by atoms with Gasteiger partial charge >= 0.3 is 140 Å². The van der Waals surface area contributed by atoms with Crippen LogP contribution in [0.1, 0.15) is 78.7 Å². The van der Waals surface area contributed by atoms with E-state index in [1.807, 2.05) is 72.8 Å². The maximum absolute atomic E-state index is 12.7. The molecule has 536 valence electrons. The van der Waals surface area contributed by atoms with Crippen LogP contribution in [-0.2, 0) is 33.5 Å². The molecule has 9 aromatic carbocycles. The molecule has 0 spiro atoms. The minimum Gasteiger partial charge on any atom is -1.00 e. The summed E-state index contributed by atoms with van der Waals surface area (Å²) in [5.41, 5.74) is 7.44. The Morgan fingerprint density at radius 3 is 1.21 bits per heavy atom. The van der Waals surface area contributed by atoms with Crippen molar-refractivity contribution in [3.05, 3.63) is 232 Å². The number of aromatic nitrogens is 3. The molecule has 3 atom stereocenters. The van der Waals surface area contributed by atoms with E-state index in [0.29, 0.717) is 124 Å². The molecular weight excluding hydrogens is 1520 g/mol. The number of carboxylic acid groups (broad SMARTS) is 1. The van der Waals surface area contributed by atoms with Gasteiger partial charge < -0.3 is 73.7 Å². The van der Waals surface area contributed by atoms with Gasteiger partial charge in [-0.2, -0.15) is 0 Å². The molecule has 3 N–H and O–H groups in total. The van der Waals surface area contributed by atoms with E-state index in [1.54, 1.807) is 155 Å². The average molecular weight is 1590 g/mol. The number of fused-ring (bicyclic) bond motifs is 3. The molecule has 0 bridgehead atoms. The number of phenols is 1. The number of para-hydroxylation sites is 6. The van der Waals surface area contributed by atoms with Crippen LogP contribution in [0.15, 0.2) is 213 Å². The first kappa shape index (κ1) is 97.2. The molecule has 104 heavy (non-hydrogen) atoms. The predicted octanol–water partition coefficient (Wildman–Crippen LogP) is 9.68. The zero-order valence-corrected chi connectivity index (χ0v) is 65.1. The number of carboxylic acids is 1. The van der Waals surface area contributed by atoms with Gasteiger partial charge in [-0.15, -0.1) is 0 Å². The van der Waals surface area contributed by atoms with Crippen molar-refractivity contribution >= 4 is 108 Å². The number of halogens is 4. The van der Waals surface area contributed by atoms with Gasteiger partial charge in [-0.1, -0.05) is 153 Å². The van der Waals surface area contributed by atoms with Crippen LogP contribution in [0.2, 0.25) is 15.1 Å². The number of nitrogens with zero attached hydrogens (tertiary/aromatic N) is 3. The van der Waals surface area contributed by atoms with Gasteiger partial charge in [0.05, 0.1) is 51.2 Å². The molecular formula is C75H76BrCl3K2LiN3O19. The van der Waals surface area contributed by atoms with Gasteiger partial charge in [0, 0.05) is 26.2 Å². The topological polar surface area (TPSA) is 314 Å². The minimum atomic E-state index is -1.26. The standard InChI is InChI=1S/C24H20ClNO5.C22H16ClNO5.C14H11NO3.C10H10BrClO2.CH2O3.4CH4.2K.Li.H2O.H/c1-3-29-24(27)22(15-7-6-8-16(25)13-15)30-20-12-11-17(28-2)14-18(20)23-26-19-9-4-5-10-21(19)31-23;1-27-15-9-10-18(28-20(22(25)26)13-5-4-6-14(23)11-13)16(12-15)21-24-17-7-2-3-8-19(17)29-21;1-17-9-6-7-12(16)10(8-9)14-15-11-4-2-3-5-13(11)18-14;1-2-14-10(13)9(11)7-4-3-5-8(12)6-7;2-1-4-3;;;;;;;;;/h4-14,22H,3H2,1-2H3;2-12,20H,1H3,(H,25,26);2-8,16H,1H3;3-6,9H,2H2,1H3;1,3H;4*1H4;;;;1H2;/q;;;;;;;;;3*+1;;-1/p-2. The number of esters is 2. The van der Waals surface area contributed by atoms with E-state index in [4.69, 9.17) is 91.3 Å². The molecule has 0 radical (unpaired) electrons. The largest absolute Gasteiger partial charge is 1.00 e. The Kier molecular flexibility index (Phi) is 45.9. The second-order valence-corrected chi connectivity index (χ2v) is 21.9. The fourth-order valence-electron chi connectivity index (χ4n) is 8.93. The number of phenolic OH excluding ortho intramolecular Hbond substituents is 1. The number of aliphatic carboxylic acids is 1. The number of methoxy groups -OCH3 is 3. The molecule has 3 heterocycles. The maximum Gasteiger partial charge on any atom is 1.00 e. The van der Waals surface area contributed by atoms with Crippen LogP contribution in [-0.4, -0.2) is 89.6 Å². The number of hydrogen-bond acceptors (Lipinski definition) is 21. The zero-order valence-electron chi connectivity index (χ0n) is 56.0. The number of carbonyl (C=O) groups excluding carboxylic acids is 3. The van der Waals surface area contributed by atoms with Crippen molar-refractivity contribution in [2.45, 2.75) is 60.6 Å². The van der Waals surface area contributed by atoms with Crippen LogP contribution in [0.3, 0.4) is 0 Å². The summed E-state index contributed by atoms with van der Waals surface area (Å²) < 4.78 is 55.3. The molecule has 0 aliphatic rings. The Hall–Kier alpha value is -6.79. The van der Waals surface area contributed by atoms with Crippen LogP contribution in [0, 0.1) is 0 Å². The number of carbonyl (C=O) groups is 4. The molecule has 3 aromatic heterocycles. The van der Waals surface area contributed by atoms with Gasteiger partial charge in [0.2, 0.25) is 29.9 Å². The summed E-state index contributed by atoms with van der Waals surface area (Å²) in [5.74, 6) is 1.67. The van der Waals surface area contributed by atoms with Gasteiger partial charge in [0.15, 0.2) is 16.7 Å². The SMILES string of the molecule is C.C.C.C.CCOC(=O)C(Br)c1cccc(Cl)c1.CCOC(=O)C(Oc1ccc(OC)cc1-c1nc2ccccc2o1)c1cccc(Cl)c1.COc1ccc(O)c(-c2nc3ccccc3o2)c1.COc1ccc(OC(C(=O)O)c2cccc(Cl)c2)c(-c2nc3ccccc3o2)c1.O=CO[O-].[H-].[K+].[K+].[Li+].[OH-]. The number of ether oxygens (including phenoxy) is 7. The number of hydrogen-bond donors (Lipinski definition) is 2. The first-order chi connectivity index (χ1) is 46.5. The number of alkyl halides is 1. The van der Waals surface area contributed by atoms with Crippen molar-refractivity contribution in [1.29, 1.82) is 0 Å². The number of rotatable bonds is 19. The number of oxazole rings is 3. The molecule has 0 saturated heterocycles. The third-order valence-corrected chi connectivity index (χ3v) is 14.9. The summed E-state index contributed by atoms with van der Waals surface area (Å²) in [6.07, 6.45) is -2.28. The summed E-state index contributed by atoms with van der Waals surface area (Å²) >= 11 is 21.2. The number of aromatic hydroxyl groups is 1. The fourth-order valence-corrected chi connectivity index (χ4v) is 9.94. The van der Waals surface area contributed by atoms with Crippen molar-refractivity contribution in [1.82, 2.24) is 15.0 Å². The monoisotopic (exact) mass is 1590 g/mol. The average Bonchev–Trinajstić information content (AvgIpc) is 1.72. The maximum atomic E-state index is 12.7. The molecule has 12 rings (SSSR count).